The molecular weight excluding hydrogens is 258 g/mol. The fraction of sp³-hybridized carbons (Fsp3) is 0.941. The molecular formula is C17H28F2O. The number of carbonyl (C=O) groups is 1. The summed E-state index contributed by atoms with van der Waals surface area (Å²) < 4.78 is 24.5. The van der Waals surface area contributed by atoms with Crippen LogP contribution in [0.1, 0.15) is 71.1 Å². The van der Waals surface area contributed by atoms with Gasteiger partial charge in [0.25, 0.3) is 0 Å². The molecule has 2 saturated carbocycles. The Balaban J connectivity index is 1.68. The number of carbonyl (C=O) groups excluding carboxylic acids is 1. The second-order valence-corrected chi connectivity index (χ2v) is 6.97. The summed E-state index contributed by atoms with van der Waals surface area (Å²) >= 11 is 0. The zero-order chi connectivity index (χ0) is 14.5. The van der Waals surface area contributed by atoms with Crippen molar-refractivity contribution in [2.45, 2.75) is 77.6 Å². The van der Waals surface area contributed by atoms with Crippen LogP contribution in [0.25, 0.3) is 0 Å². The van der Waals surface area contributed by atoms with Crippen LogP contribution >= 0.6 is 0 Å². The van der Waals surface area contributed by atoms with Gasteiger partial charge in [0.15, 0.2) is 0 Å². The molecule has 0 N–H and O–H groups in total. The van der Waals surface area contributed by atoms with Gasteiger partial charge in [-0.2, -0.15) is 0 Å². The summed E-state index contributed by atoms with van der Waals surface area (Å²) in [7, 11) is 0. The fourth-order valence-electron chi connectivity index (χ4n) is 4.31. The van der Waals surface area contributed by atoms with Crippen LogP contribution in [0.15, 0.2) is 0 Å². The van der Waals surface area contributed by atoms with Crippen molar-refractivity contribution >= 4 is 5.78 Å². The zero-order valence-corrected chi connectivity index (χ0v) is 12.6. The lowest BCUT2D eigenvalue weighted by atomic mass is 9.68. The van der Waals surface area contributed by atoms with E-state index in [1.807, 2.05) is 0 Å². The normalized spacial score (nSPS) is 35.2. The van der Waals surface area contributed by atoms with Crippen LogP contribution < -0.4 is 0 Å². The van der Waals surface area contributed by atoms with E-state index in [9.17, 15) is 13.6 Å². The molecule has 0 saturated heterocycles. The minimum Gasteiger partial charge on any atom is -0.300 e. The van der Waals surface area contributed by atoms with E-state index in [2.05, 4.69) is 0 Å². The van der Waals surface area contributed by atoms with Gasteiger partial charge in [0.1, 0.15) is 5.78 Å². The molecule has 0 aromatic rings. The largest absolute Gasteiger partial charge is 0.300 e. The van der Waals surface area contributed by atoms with Crippen LogP contribution in [0.3, 0.4) is 0 Å². The standard InChI is InChI=1S/C17H28F2O/c1-12(20)14-7-9-16(10-8-14)15-5-2-13(3-6-15)4-11-17(18)19/h13-17H,2-11H2,1H3. The first-order valence-electron chi connectivity index (χ1n) is 8.35. The first-order chi connectivity index (χ1) is 9.56. The summed E-state index contributed by atoms with van der Waals surface area (Å²) in [4.78, 5) is 11.4. The summed E-state index contributed by atoms with van der Waals surface area (Å²) in [6, 6.07) is 0. The van der Waals surface area contributed by atoms with Crippen molar-refractivity contribution in [3.8, 4) is 0 Å². The maximum absolute atomic E-state index is 12.2. The molecule has 0 radical (unpaired) electrons. The van der Waals surface area contributed by atoms with Crippen LogP contribution in [-0.4, -0.2) is 12.2 Å². The average Bonchev–Trinajstić information content (AvgIpc) is 2.46. The van der Waals surface area contributed by atoms with E-state index in [1.165, 1.54) is 25.7 Å². The van der Waals surface area contributed by atoms with E-state index in [4.69, 9.17) is 0 Å². The summed E-state index contributed by atoms with van der Waals surface area (Å²) in [6.45, 7) is 1.72. The molecule has 20 heavy (non-hydrogen) atoms. The minimum absolute atomic E-state index is 0.0824. The molecule has 2 fully saturated rings. The van der Waals surface area contributed by atoms with Gasteiger partial charge in [-0.25, -0.2) is 8.78 Å². The number of alkyl halides is 2. The Bertz CT molecular complexity index is 300. The Morgan fingerprint density at radius 1 is 0.950 bits per heavy atom. The van der Waals surface area contributed by atoms with Gasteiger partial charge in [-0.15, -0.1) is 0 Å². The van der Waals surface area contributed by atoms with Crippen LogP contribution in [0.5, 0.6) is 0 Å². The van der Waals surface area contributed by atoms with Crippen LogP contribution in [-0.2, 0) is 4.79 Å². The van der Waals surface area contributed by atoms with Crippen molar-refractivity contribution in [3.63, 3.8) is 0 Å². The molecule has 0 aromatic carbocycles. The smallest absolute Gasteiger partial charge is 0.238 e. The average molecular weight is 286 g/mol. The molecule has 0 spiro atoms. The highest BCUT2D eigenvalue weighted by Gasteiger charge is 2.31. The van der Waals surface area contributed by atoms with Crippen molar-refractivity contribution in [3.05, 3.63) is 0 Å². The second kappa shape index (κ2) is 7.51. The molecule has 116 valence electrons. The maximum atomic E-state index is 12.2. The van der Waals surface area contributed by atoms with Crippen molar-refractivity contribution in [2.24, 2.45) is 23.7 Å². The number of halogens is 2. The topological polar surface area (TPSA) is 17.1 Å². The Morgan fingerprint density at radius 2 is 1.45 bits per heavy atom. The molecule has 3 heteroatoms. The number of Topliss-reactive ketones (excluding diaryl/α,β-unsaturated/α-hetero) is 1. The Labute approximate surface area is 121 Å². The van der Waals surface area contributed by atoms with E-state index in [-0.39, 0.29) is 6.42 Å². The summed E-state index contributed by atoms with van der Waals surface area (Å²) in [5, 5.41) is 0. The second-order valence-electron chi connectivity index (χ2n) is 6.97. The Hall–Kier alpha value is -0.470. The van der Waals surface area contributed by atoms with E-state index >= 15 is 0 Å². The number of rotatable bonds is 5. The molecule has 0 aromatic heterocycles. The molecule has 1 nitrogen and oxygen atoms in total. The molecule has 0 aliphatic heterocycles. The fourth-order valence-corrected chi connectivity index (χ4v) is 4.31. The molecule has 0 atom stereocenters. The third-order valence-electron chi connectivity index (χ3n) is 5.70. The van der Waals surface area contributed by atoms with Gasteiger partial charge in [-0.3, -0.25) is 4.79 Å². The lowest BCUT2D eigenvalue weighted by Gasteiger charge is -2.37. The molecule has 2 rings (SSSR count). The third kappa shape index (κ3) is 4.53. The van der Waals surface area contributed by atoms with E-state index < -0.39 is 6.43 Å². The number of ketones is 1. The first kappa shape index (κ1) is 15.9. The summed E-state index contributed by atoms with van der Waals surface area (Å²) in [6.07, 6.45) is 7.96. The molecule has 0 bridgehead atoms. The van der Waals surface area contributed by atoms with Gasteiger partial charge in [0.2, 0.25) is 6.43 Å². The lowest BCUT2D eigenvalue weighted by Crippen LogP contribution is -2.27. The van der Waals surface area contributed by atoms with Crippen molar-refractivity contribution in [1.29, 1.82) is 0 Å². The highest BCUT2D eigenvalue weighted by atomic mass is 19.3. The summed E-state index contributed by atoms with van der Waals surface area (Å²) in [5.41, 5.74) is 0. The van der Waals surface area contributed by atoms with Gasteiger partial charge < -0.3 is 0 Å². The highest BCUT2D eigenvalue weighted by molar-refractivity contribution is 5.78. The highest BCUT2D eigenvalue weighted by Crippen LogP contribution is 2.42. The molecule has 0 heterocycles. The van der Waals surface area contributed by atoms with Crippen LogP contribution in [0.4, 0.5) is 8.78 Å². The van der Waals surface area contributed by atoms with Crippen LogP contribution in [0, 0.1) is 23.7 Å². The predicted octanol–water partition coefficient (Wildman–Crippen LogP) is 5.23. The predicted molar refractivity (Wildman–Crippen MR) is 76.8 cm³/mol. The van der Waals surface area contributed by atoms with Crippen molar-refractivity contribution in [2.75, 3.05) is 0 Å². The van der Waals surface area contributed by atoms with Crippen LogP contribution in [0.2, 0.25) is 0 Å². The monoisotopic (exact) mass is 286 g/mol. The third-order valence-corrected chi connectivity index (χ3v) is 5.70. The van der Waals surface area contributed by atoms with E-state index in [0.717, 1.165) is 37.5 Å². The van der Waals surface area contributed by atoms with Crippen molar-refractivity contribution in [1.82, 2.24) is 0 Å². The molecule has 2 aliphatic carbocycles. The van der Waals surface area contributed by atoms with Crippen molar-refractivity contribution < 1.29 is 13.6 Å². The number of hydrogen-bond acceptors (Lipinski definition) is 1. The SMILES string of the molecule is CC(=O)C1CCC(C2CCC(CCC(F)F)CC2)CC1. The van der Waals surface area contributed by atoms with Gasteiger partial charge in [0.05, 0.1) is 0 Å². The van der Waals surface area contributed by atoms with Gasteiger partial charge >= 0.3 is 0 Å². The maximum Gasteiger partial charge on any atom is 0.238 e. The van der Waals surface area contributed by atoms with E-state index in [1.54, 1.807) is 6.92 Å². The van der Waals surface area contributed by atoms with Gasteiger partial charge in [-0.1, -0.05) is 12.8 Å². The molecule has 2 aliphatic rings. The first-order valence-corrected chi connectivity index (χ1v) is 8.35. The van der Waals surface area contributed by atoms with Gasteiger partial charge in [0, 0.05) is 12.3 Å². The quantitative estimate of drug-likeness (QED) is 0.676. The number of hydrogen-bond donors (Lipinski definition) is 0. The zero-order valence-electron chi connectivity index (χ0n) is 12.6. The van der Waals surface area contributed by atoms with E-state index in [0.29, 0.717) is 24.0 Å². The summed E-state index contributed by atoms with van der Waals surface area (Å²) in [5.74, 6) is 2.80. The molecule has 0 amide bonds. The lowest BCUT2D eigenvalue weighted by molar-refractivity contribution is -0.122. The Morgan fingerprint density at radius 3 is 1.90 bits per heavy atom. The minimum atomic E-state index is -2.13. The molecule has 0 unspecified atom stereocenters. The Kier molecular flexibility index (Phi) is 5.98. The van der Waals surface area contributed by atoms with Gasteiger partial charge in [-0.05, 0) is 69.6 Å².